The molecule has 0 fully saturated rings. The number of hydrogen-bond acceptors (Lipinski definition) is 4. The minimum absolute atomic E-state index is 0.0744. The van der Waals surface area contributed by atoms with E-state index in [1.165, 1.54) is 11.8 Å². The lowest BCUT2D eigenvalue weighted by Gasteiger charge is -2.02. The summed E-state index contributed by atoms with van der Waals surface area (Å²) in [6, 6.07) is 0. The summed E-state index contributed by atoms with van der Waals surface area (Å²) in [7, 11) is 0. The van der Waals surface area contributed by atoms with Gasteiger partial charge < -0.3 is 5.73 Å². The summed E-state index contributed by atoms with van der Waals surface area (Å²) < 4.78 is 0. The van der Waals surface area contributed by atoms with Crippen molar-refractivity contribution in [3.63, 3.8) is 0 Å². The summed E-state index contributed by atoms with van der Waals surface area (Å²) in [5, 5.41) is 0.375. The molecule has 1 heterocycles. The molecule has 0 radical (unpaired) electrons. The fourth-order valence-corrected chi connectivity index (χ4v) is 1.70. The molecule has 0 aromatic carbocycles. The van der Waals surface area contributed by atoms with E-state index in [0.717, 1.165) is 0 Å². The molecule has 0 saturated heterocycles. The van der Waals surface area contributed by atoms with Gasteiger partial charge in [-0.2, -0.15) is 4.98 Å². The van der Waals surface area contributed by atoms with Crippen molar-refractivity contribution in [3.05, 3.63) is 10.4 Å². The minimum atomic E-state index is 0.0744. The Bertz CT molecular complexity index is 255. The zero-order valence-electron chi connectivity index (χ0n) is 5.64. The summed E-state index contributed by atoms with van der Waals surface area (Å²) in [4.78, 5) is 8.12. The van der Waals surface area contributed by atoms with Crippen molar-refractivity contribution in [1.29, 1.82) is 0 Å². The van der Waals surface area contributed by atoms with E-state index in [0.29, 0.717) is 15.9 Å². The van der Waals surface area contributed by atoms with Gasteiger partial charge in [-0.3, -0.25) is 0 Å². The number of halogens is 2. The van der Waals surface area contributed by atoms with Crippen LogP contribution in [0.25, 0.3) is 0 Å². The van der Waals surface area contributed by atoms with Crippen LogP contribution >= 0.6 is 35.0 Å². The highest BCUT2D eigenvalue weighted by atomic mass is 35.5. The average Bonchev–Trinajstić information content (AvgIpc) is 1.85. The van der Waals surface area contributed by atoms with Crippen molar-refractivity contribution in [2.24, 2.45) is 0 Å². The second-order valence-electron chi connectivity index (χ2n) is 1.70. The highest BCUT2D eigenvalue weighted by molar-refractivity contribution is 7.98. The molecule has 1 aromatic rings. The van der Waals surface area contributed by atoms with Gasteiger partial charge in [-0.25, -0.2) is 4.98 Å². The fourth-order valence-electron chi connectivity index (χ4n) is 0.601. The first-order valence-corrected chi connectivity index (χ1v) is 4.65. The van der Waals surface area contributed by atoms with Crippen molar-refractivity contribution >= 4 is 40.8 Å². The molecule has 1 rings (SSSR count). The highest BCUT2D eigenvalue weighted by Gasteiger charge is 2.07. The Hall–Kier alpha value is -0.190. The van der Waals surface area contributed by atoms with Gasteiger partial charge in [0.25, 0.3) is 0 Å². The van der Waals surface area contributed by atoms with Crippen molar-refractivity contribution in [2.75, 3.05) is 12.0 Å². The molecular weight excluding hydrogens is 205 g/mol. The molecule has 0 bridgehead atoms. The zero-order valence-corrected chi connectivity index (χ0v) is 7.96. The molecule has 0 aliphatic heterocycles. The van der Waals surface area contributed by atoms with Crippen LogP contribution < -0.4 is 5.73 Å². The van der Waals surface area contributed by atoms with E-state index in [9.17, 15) is 0 Å². The lowest BCUT2D eigenvalue weighted by Crippen LogP contribution is -1.96. The topological polar surface area (TPSA) is 51.8 Å². The first-order chi connectivity index (χ1) is 5.15. The standard InChI is InChI=1S/C5H5Cl2N3S/c1-11-2-3(6)9-5(7)10-4(2)8/h1H3,(H2,8,9,10). The second kappa shape index (κ2) is 3.47. The maximum atomic E-state index is 5.70. The first-order valence-electron chi connectivity index (χ1n) is 2.67. The smallest absolute Gasteiger partial charge is 0.225 e. The molecule has 0 aliphatic rings. The first kappa shape index (κ1) is 8.90. The molecule has 11 heavy (non-hydrogen) atoms. The van der Waals surface area contributed by atoms with Gasteiger partial charge in [0.15, 0.2) is 0 Å². The zero-order chi connectivity index (χ0) is 8.43. The number of nitrogens with zero attached hydrogens (tertiary/aromatic N) is 2. The summed E-state index contributed by atoms with van der Waals surface area (Å²) in [5.41, 5.74) is 5.49. The monoisotopic (exact) mass is 209 g/mol. The number of aromatic nitrogens is 2. The van der Waals surface area contributed by atoms with Gasteiger partial charge in [-0.15, -0.1) is 11.8 Å². The summed E-state index contributed by atoms with van der Waals surface area (Å²) in [5.74, 6) is 0.322. The molecule has 2 N–H and O–H groups in total. The van der Waals surface area contributed by atoms with E-state index in [1.54, 1.807) is 0 Å². The number of rotatable bonds is 1. The predicted molar refractivity (Wildman–Crippen MR) is 48.2 cm³/mol. The highest BCUT2D eigenvalue weighted by Crippen LogP contribution is 2.28. The summed E-state index contributed by atoms with van der Waals surface area (Å²) >= 11 is 12.6. The molecular formula is C5H5Cl2N3S. The van der Waals surface area contributed by atoms with Crippen LogP contribution in [0.15, 0.2) is 4.90 Å². The van der Waals surface area contributed by atoms with E-state index < -0.39 is 0 Å². The number of nitrogens with two attached hydrogens (primary N) is 1. The number of thioether (sulfide) groups is 1. The van der Waals surface area contributed by atoms with Crippen molar-refractivity contribution in [3.8, 4) is 0 Å². The molecule has 0 saturated carbocycles. The average molecular weight is 210 g/mol. The van der Waals surface area contributed by atoms with Gasteiger partial charge in [0.2, 0.25) is 5.28 Å². The quantitative estimate of drug-likeness (QED) is 0.438. The van der Waals surface area contributed by atoms with Crippen LogP contribution in [0.2, 0.25) is 10.4 Å². The SMILES string of the molecule is CSc1c(N)nc(Cl)nc1Cl. The number of nitrogen functional groups attached to an aromatic ring is 1. The summed E-state index contributed by atoms with van der Waals surface area (Å²) in [6.45, 7) is 0. The van der Waals surface area contributed by atoms with Crippen molar-refractivity contribution in [1.82, 2.24) is 9.97 Å². The Morgan fingerprint density at radius 2 is 2.00 bits per heavy atom. The lowest BCUT2D eigenvalue weighted by molar-refractivity contribution is 1.11. The molecule has 60 valence electrons. The van der Waals surface area contributed by atoms with Gasteiger partial charge in [-0.05, 0) is 17.9 Å². The molecule has 0 amide bonds. The maximum Gasteiger partial charge on any atom is 0.225 e. The molecule has 0 aliphatic carbocycles. The third-order valence-electron chi connectivity index (χ3n) is 1.03. The van der Waals surface area contributed by atoms with E-state index in [4.69, 9.17) is 28.9 Å². The van der Waals surface area contributed by atoms with Gasteiger partial charge in [0.1, 0.15) is 11.0 Å². The van der Waals surface area contributed by atoms with E-state index in [-0.39, 0.29) is 5.28 Å². The van der Waals surface area contributed by atoms with Crippen molar-refractivity contribution in [2.45, 2.75) is 4.90 Å². The predicted octanol–water partition coefficient (Wildman–Crippen LogP) is 2.09. The molecule has 3 nitrogen and oxygen atoms in total. The number of anilines is 1. The fraction of sp³-hybridized carbons (Fsp3) is 0.200. The minimum Gasteiger partial charge on any atom is -0.383 e. The number of hydrogen-bond donors (Lipinski definition) is 1. The lowest BCUT2D eigenvalue weighted by atomic mass is 10.6. The van der Waals surface area contributed by atoms with Crippen LogP contribution in [0.5, 0.6) is 0 Å². The van der Waals surface area contributed by atoms with Gasteiger partial charge >= 0.3 is 0 Å². The normalized spacial score (nSPS) is 10.1. The largest absolute Gasteiger partial charge is 0.383 e. The maximum absolute atomic E-state index is 5.70. The Morgan fingerprint density at radius 3 is 2.45 bits per heavy atom. The van der Waals surface area contributed by atoms with Crippen molar-refractivity contribution < 1.29 is 0 Å². The Morgan fingerprint density at radius 1 is 1.36 bits per heavy atom. The third-order valence-corrected chi connectivity index (χ3v) is 2.39. The van der Waals surface area contributed by atoms with Crippen LogP contribution in [-0.4, -0.2) is 16.2 Å². The molecule has 0 spiro atoms. The van der Waals surface area contributed by atoms with E-state index in [2.05, 4.69) is 9.97 Å². The second-order valence-corrected chi connectivity index (χ2v) is 3.21. The van der Waals surface area contributed by atoms with Crippen LogP contribution in [0.3, 0.4) is 0 Å². The molecule has 6 heteroatoms. The van der Waals surface area contributed by atoms with Crippen LogP contribution in [0.4, 0.5) is 5.82 Å². The van der Waals surface area contributed by atoms with Crippen LogP contribution in [0.1, 0.15) is 0 Å². The third kappa shape index (κ3) is 1.89. The molecule has 1 aromatic heterocycles. The van der Waals surface area contributed by atoms with Gasteiger partial charge in [0, 0.05) is 0 Å². The Labute approximate surface area is 78.3 Å². The van der Waals surface area contributed by atoms with E-state index in [1.807, 2.05) is 6.26 Å². The van der Waals surface area contributed by atoms with Crippen LogP contribution in [-0.2, 0) is 0 Å². The van der Waals surface area contributed by atoms with Crippen LogP contribution in [0, 0.1) is 0 Å². The Kier molecular flexibility index (Phi) is 2.81. The van der Waals surface area contributed by atoms with Gasteiger partial charge in [-0.1, -0.05) is 11.6 Å². The van der Waals surface area contributed by atoms with E-state index >= 15 is 0 Å². The molecule has 0 unspecified atom stereocenters. The summed E-state index contributed by atoms with van der Waals surface area (Å²) in [6.07, 6.45) is 1.84. The molecule has 0 atom stereocenters. The Balaban J connectivity index is 3.25. The van der Waals surface area contributed by atoms with Gasteiger partial charge in [0.05, 0.1) is 4.90 Å².